The maximum absolute atomic E-state index is 13.0. The third-order valence-corrected chi connectivity index (χ3v) is 5.18. The number of carbonyl (C=O) groups is 2. The first-order chi connectivity index (χ1) is 13.6. The molecule has 156 valence electrons. The lowest BCUT2D eigenvalue weighted by molar-refractivity contribution is -0.137. The second-order valence-corrected chi connectivity index (χ2v) is 8.31. The number of benzene rings is 1. The highest BCUT2D eigenvalue weighted by molar-refractivity contribution is 8.00. The van der Waals surface area contributed by atoms with E-state index < -0.39 is 28.8 Å². The first-order valence-corrected chi connectivity index (χ1v) is 9.69. The molecule has 1 aliphatic rings. The number of anilines is 2. The Morgan fingerprint density at radius 2 is 2.03 bits per heavy atom. The smallest absolute Gasteiger partial charge is 0.323 e. The number of hydrogen-bond donors (Lipinski definition) is 1. The molecule has 2 heterocycles. The summed E-state index contributed by atoms with van der Waals surface area (Å²) in [5.74, 6) is -0.693. The number of carbonyl (C=O) groups excluding carboxylic acids is 2. The minimum absolute atomic E-state index is 0.0498. The average molecular weight is 428 g/mol. The Morgan fingerprint density at radius 1 is 1.31 bits per heavy atom. The summed E-state index contributed by atoms with van der Waals surface area (Å²) in [7, 11) is 0. The number of tetrazole rings is 1. The Kier molecular flexibility index (Phi) is 5.82. The van der Waals surface area contributed by atoms with Crippen molar-refractivity contribution in [3.05, 3.63) is 23.8 Å². The lowest BCUT2D eigenvalue weighted by atomic mass is 10.1. The number of fused-ring (bicyclic) bond motifs is 1. The van der Waals surface area contributed by atoms with Gasteiger partial charge in [-0.1, -0.05) is 25.6 Å². The number of alkyl halides is 3. The molecule has 12 heteroatoms. The molecule has 0 radical (unpaired) electrons. The number of aromatic nitrogens is 4. The molecule has 1 unspecified atom stereocenters. The molecule has 3 rings (SSSR count). The van der Waals surface area contributed by atoms with Gasteiger partial charge in [0, 0.05) is 6.54 Å². The van der Waals surface area contributed by atoms with E-state index in [0.29, 0.717) is 17.6 Å². The van der Waals surface area contributed by atoms with Crippen LogP contribution >= 0.6 is 11.8 Å². The molecule has 8 nitrogen and oxygen atoms in total. The van der Waals surface area contributed by atoms with Crippen LogP contribution in [0.4, 0.5) is 24.5 Å². The highest BCUT2D eigenvalue weighted by Crippen LogP contribution is 2.37. The van der Waals surface area contributed by atoms with Crippen LogP contribution in [0.15, 0.2) is 23.4 Å². The molecule has 1 atom stereocenters. The van der Waals surface area contributed by atoms with Crippen molar-refractivity contribution in [3.63, 3.8) is 0 Å². The molecule has 1 aromatic carbocycles. The molecule has 0 saturated carbocycles. The zero-order chi connectivity index (χ0) is 21.3. The second kappa shape index (κ2) is 8.01. The van der Waals surface area contributed by atoms with Gasteiger partial charge in [-0.3, -0.25) is 14.5 Å². The molecule has 0 spiro atoms. The summed E-state index contributed by atoms with van der Waals surface area (Å²) in [5.41, 5.74) is -0.732. The van der Waals surface area contributed by atoms with E-state index in [9.17, 15) is 22.8 Å². The van der Waals surface area contributed by atoms with Crippen LogP contribution in [0.3, 0.4) is 0 Å². The van der Waals surface area contributed by atoms with Gasteiger partial charge in [-0.05, 0) is 41.5 Å². The van der Waals surface area contributed by atoms with Gasteiger partial charge in [-0.15, -0.1) is 5.10 Å². The van der Waals surface area contributed by atoms with Crippen LogP contribution in [0.5, 0.6) is 0 Å². The van der Waals surface area contributed by atoms with Crippen molar-refractivity contribution in [2.24, 2.45) is 5.92 Å². The van der Waals surface area contributed by atoms with Crippen molar-refractivity contribution >= 4 is 35.0 Å². The Bertz CT molecular complexity index is 930. The fourth-order valence-corrected chi connectivity index (χ4v) is 3.69. The fraction of sp³-hybridized carbons (Fsp3) is 0.471. The first kappa shape index (κ1) is 21.1. The van der Waals surface area contributed by atoms with Gasteiger partial charge in [0.15, 0.2) is 0 Å². The average Bonchev–Trinajstić information content (AvgIpc) is 3.04. The first-order valence-electron chi connectivity index (χ1n) is 8.81. The van der Waals surface area contributed by atoms with E-state index in [-0.39, 0.29) is 17.9 Å². The highest BCUT2D eigenvalue weighted by Gasteiger charge is 2.35. The number of nitrogens with one attached hydrogen (secondary N) is 1. The van der Waals surface area contributed by atoms with E-state index in [1.54, 1.807) is 11.6 Å². The van der Waals surface area contributed by atoms with Crippen molar-refractivity contribution < 1.29 is 22.8 Å². The molecular weight excluding hydrogens is 409 g/mol. The van der Waals surface area contributed by atoms with Crippen LogP contribution in [0.1, 0.15) is 26.3 Å². The van der Waals surface area contributed by atoms with Gasteiger partial charge in [0.05, 0.1) is 22.2 Å². The van der Waals surface area contributed by atoms with Crippen LogP contribution in [0.25, 0.3) is 0 Å². The Hall–Kier alpha value is -2.63. The number of halogens is 3. The van der Waals surface area contributed by atoms with Crippen LogP contribution in [-0.2, 0) is 22.3 Å². The number of thioether (sulfide) groups is 1. The van der Waals surface area contributed by atoms with Crippen molar-refractivity contribution in [3.8, 4) is 0 Å². The van der Waals surface area contributed by atoms with Gasteiger partial charge < -0.3 is 5.32 Å². The SMILES string of the molecule is CC(C)Cn1nnnc1SC(C)C(=O)N1CC(=O)Nc2cc(C(F)(F)F)ccc21. The summed E-state index contributed by atoms with van der Waals surface area (Å²) < 4.78 is 40.5. The summed E-state index contributed by atoms with van der Waals surface area (Å²) in [5, 5.41) is 13.6. The van der Waals surface area contributed by atoms with Gasteiger partial charge in [-0.25, -0.2) is 4.68 Å². The summed E-state index contributed by atoms with van der Waals surface area (Å²) in [4.78, 5) is 26.1. The predicted molar refractivity (Wildman–Crippen MR) is 100 cm³/mol. The molecule has 0 saturated heterocycles. The summed E-state index contributed by atoms with van der Waals surface area (Å²) in [6.07, 6.45) is -4.55. The maximum atomic E-state index is 13.0. The van der Waals surface area contributed by atoms with E-state index in [0.717, 1.165) is 23.9 Å². The Balaban J connectivity index is 1.83. The van der Waals surface area contributed by atoms with Crippen molar-refractivity contribution in [1.82, 2.24) is 20.2 Å². The second-order valence-electron chi connectivity index (χ2n) is 7.00. The fourth-order valence-electron chi connectivity index (χ4n) is 2.83. The number of nitrogens with zero attached hydrogens (tertiary/aromatic N) is 5. The zero-order valence-electron chi connectivity index (χ0n) is 15.9. The molecule has 29 heavy (non-hydrogen) atoms. The van der Waals surface area contributed by atoms with Crippen LogP contribution in [-0.4, -0.2) is 43.8 Å². The monoisotopic (exact) mass is 428 g/mol. The normalized spacial score (nSPS) is 15.3. The Morgan fingerprint density at radius 3 is 2.69 bits per heavy atom. The lowest BCUT2D eigenvalue weighted by Crippen LogP contribution is -2.45. The molecule has 1 N–H and O–H groups in total. The van der Waals surface area contributed by atoms with Gasteiger partial charge in [-0.2, -0.15) is 13.2 Å². The molecular formula is C17H19F3N6O2S. The van der Waals surface area contributed by atoms with Crippen LogP contribution < -0.4 is 10.2 Å². The molecule has 0 bridgehead atoms. The van der Waals surface area contributed by atoms with Crippen LogP contribution in [0, 0.1) is 5.92 Å². The van der Waals surface area contributed by atoms with E-state index >= 15 is 0 Å². The van der Waals surface area contributed by atoms with E-state index in [1.165, 1.54) is 11.0 Å². The largest absolute Gasteiger partial charge is 0.416 e. The van der Waals surface area contributed by atoms with Crippen molar-refractivity contribution in [2.75, 3.05) is 16.8 Å². The summed E-state index contributed by atoms with van der Waals surface area (Å²) >= 11 is 1.13. The standard InChI is InChI=1S/C17H19F3N6O2S/c1-9(2)7-26-16(22-23-24-26)29-10(3)15(28)25-8-14(27)21-12-6-11(17(18,19)20)4-5-13(12)25/h4-6,9-10H,7-8H2,1-3H3,(H,21,27). The van der Waals surface area contributed by atoms with Gasteiger partial charge in [0.2, 0.25) is 17.0 Å². The quantitative estimate of drug-likeness (QED) is 0.737. The third kappa shape index (κ3) is 4.69. The minimum atomic E-state index is -4.55. The predicted octanol–water partition coefficient (Wildman–Crippen LogP) is 2.81. The van der Waals surface area contributed by atoms with Crippen molar-refractivity contribution in [1.29, 1.82) is 0 Å². The highest BCUT2D eigenvalue weighted by atomic mass is 32.2. The Labute approximate surface area is 168 Å². The van der Waals surface area contributed by atoms with E-state index in [2.05, 4.69) is 20.8 Å². The topological polar surface area (TPSA) is 93.0 Å². The lowest BCUT2D eigenvalue weighted by Gasteiger charge is -2.31. The maximum Gasteiger partial charge on any atom is 0.416 e. The van der Waals surface area contributed by atoms with Gasteiger partial charge in [0.1, 0.15) is 6.54 Å². The van der Waals surface area contributed by atoms with Gasteiger partial charge in [0.25, 0.3) is 0 Å². The number of rotatable bonds is 5. The van der Waals surface area contributed by atoms with Crippen LogP contribution in [0.2, 0.25) is 0 Å². The van der Waals surface area contributed by atoms with Crippen molar-refractivity contribution in [2.45, 2.75) is 43.9 Å². The third-order valence-electron chi connectivity index (χ3n) is 4.12. The molecule has 0 fully saturated rings. The van der Waals surface area contributed by atoms with E-state index in [1.807, 2.05) is 13.8 Å². The minimum Gasteiger partial charge on any atom is -0.323 e. The number of amides is 2. The summed E-state index contributed by atoms with van der Waals surface area (Å²) in [6.45, 7) is 5.94. The zero-order valence-corrected chi connectivity index (χ0v) is 16.7. The number of hydrogen-bond acceptors (Lipinski definition) is 6. The molecule has 2 amide bonds. The van der Waals surface area contributed by atoms with Gasteiger partial charge >= 0.3 is 6.18 Å². The van der Waals surface area contributed by atoms with E-state index in [4.69, 9.17) is 0 Å². The molecule has 2 aromatic rings. The summed E-state index contributed by atoms with van der Waals surface area (Å²) in [6, 6.07) is 2.90. The molecule has 0 aliphatic carbocycles. The molecule has 1 aromatic heterocycles. The molecule has 1 aliphatic heterocycles.